The van der Waals surface area contributed by atoms with Crippen LogP contribution in [0.25, 0.3) is 0 Å². The van der Waals surface area contributed by atoms with Crippen molar-refractivity contribution in [1.82, 2.24) is 0 Å². The van der Waals surface area contributed by atoms with Crippen LogP contribution in [-0.4, -0.2) is 12.5 Å². The van der Waals surface area contributed by atoms with Crippen LogP contribution in [0, 0.1) is 5.92 Å². The molecular formula is C13H18N2O2. The molecule has 0 aliphatic carbocycles. The highest BCUT2D eigenvalue weighted by atomic mass is 16.5. The van der Waals surface area contributed by atoms with E-state index in [9.17, 15) is 4.79 Å². The number of amides is 1. The van der Waals surface area contributed by atoms with Gasteiger partial charge in [0.05, 0.1) is 6.61 Å². The summed E-state index contributed by atoms with van der Waals surface area (Å²) >= 11 is 0. The number of carbonyl (C=O) groups excluding carboxylic acids is 1. The maximum atomic E-state index is 11.4. The predicted octanol–water partition coefficient (Wildman–Crippen LogP) is 2.06. The number of carbonyl (C=O) groups is 1. The molecule has 2 rings (SSSR count). The van der Waals surface area contributed by atoms with Crippen molar-refractivity contribution in [3.05, 3.63) is 23.8 Å². The average Bonchev–Trinajstić information content (AvgIpc) is 2.54. The maximum absolute atomic E-state index is 11.4. The Morgan fingerprint density at radius 1 is 1.47 bits per heavy atom. The fourth-order valence-electron chi connectivity index (χ4n) is 1.77. The van der Waals surface area contributed by atoms with E-state index in [4.69, 9.17) is 10.5 Å². The second-order valence-corrected chi connectivity index (χ2v) is 4.75. The predicted molar refractivity (Wildman–Crippen MR) is 67.0 cm³/mol. The minimum Gasteiger partial charge on any atom is -0.494 e. The lowest BCUT2D eigenvalue weighted by Crippen LogP contribution is -2.19. The number of hydrogen-bond acceptors (Lipinski definition) is 3. The molecule has 1 aromatic rings. The van der Waals surface area contributed by atoms with Crippen LogP contribution in [0.5, 0.6) is 5.75 Å². The number of benzene rings is 1. The lowest BCUT2D eigenvalue weighted by Gasteiger charge is -2.09. The van der Waals surface area contributed by atoms with E-state index in [0.717, 1.165) is 23.4 Å². The molecule has 1 amide bonds. The lowest BCUT2D eigenvalue weighted by atomic mass is 10.1. The zero-order valence-corrected chi connectivity index (χ0v) is 10.2. The van der Waals surface area contributed by atoms with Crippen LogP contribution in [0.1, 0.15) is 31.9 Å². The van der Waals surface area contributed by atoms with Gasteiger partial charge < -0.3 is 15.8 Å². The fraction of sp³-hybridized carbons (Fsp3) is 0.462. The molecule has 1 aliphatic rings. The molecule has 0 saturated carbocycles. The molecule has 4 nitrogen and oxygen atoms in total. The summed E-state index contributed by atoms with van der Waals surface area (Å²) in [6.45, 7) is 5.01. The third-order valence-electron chi connectivity index (χ3n) is 2.86. The summed E-state index contributed by atoms with van der Waals surface area (Å²) in [5.74, 6) is 1.25. The maximum Gasteiger partial charge on any atom is 0.245 e. The highest BCUT2D eigenvalue weighted by Crippen LogP contribution is 2.32. The Bertz CT molecular complexity index is 429. The van der Waals surface area contributed by atoms with Crippen molar-refractivity contribution in [2.24, 2.45) is 11.7 Å². The summed E-state index contributed by atoms with van der Waals surface area (Å²) in [4.78, 5) is 11.4. The molecule has 1 unspecified atom stereocenters. The molecule has 0 bridgehead atoms. The summed E-state index contributed by atoms with van der Waals surface area (Å²) in [5.41, 5.74) is 7.33. The van der Waals surface area contributed by atoms with E-state index in [-0.39, 0.29) is 5.91 Å². The molecule has 1 atom stereocenters. The van der Waals surface area contributed by atoms with E-state index in [2.05, 4.69) is 19.2 Å². The van der Waals surface area contributed by atoms with Crippen molar-refractivity contribution >= 4 is 11.6 Å². The highest BCUT2D eigenvalue weighted by Gasteiger charge is 2.27. The molecule has 0 fully saturated rings. The molecule has 0 spiro atoms. The largest absolute Gasteiger partial charge is 0.494 e. The van der Waals surface area contributed by atoms with Crippen molar-refractivity contribution in [3.63, 3.8) is 0 Å². The van der Waals surface area contributed by atoms with Gasteiger partial charge in [-0.15, -0.1) is 0 Å². The van der Waals surface area contributed by atoms with Gasteiger partial charge in [-0.3, -0.25) is 4.79 Å². The summed E-state index contributed by atoms with van der Waals surface area (Å²) in [6.07, 6.45) is 1.02. The highest BCUT2D eigenvalue weighted by molar-refractivity contribution is 6.02. The van der Waals surface area contributed by atoms with Gasteiger partial charge in [-0.2, -0.15) is 0 Å². The van der Waals surface area contributed by atoms with Gasteiger partial charge in [0.1, 0.15) is 11.8 Å². The Kier molecular flexibility index (Phi) is 3.33. The zero-order chi connectivity index (χ0) is 12.4. The number of anilines is 1. The number of nitrogens with one attached hydrogen (secondary N) is 1. The van der Waals surface area contributed by atoms with Gasteiger partial charge in [0.25, 0.3) is 0 Å². The van der Waals surface area contributed by atoms with E-state index in [1.807, 2.05) is 18.2 Å². The van der Waals surface area contributed by atoms with Crippen molar-refractivity contribution in [2.75, 3.05) is 11.9 Å². The molecule has 3 N–H and O–H groups in total. The monoisotopic (exact) mass is 234 g/mol. The molecule has 17 heavy (non-hydrogen) atoms. The molecule has 4 heteroatoms. The Morgan fingerprint density at radius 2 is 2.24 bits per heavy atom. The van der Waals surface area contributed by atoms with E-state index in [1.165, 1.54) is 0 Å². The van der Waals surface area contributed by atoms with Gasteiger partial charge >= 0.3 is 0 Å². The molecule has 1 aliphatic heterocycles. The summed E-state index contributed by atoms with van der Waals surface area (Å²) in [7, 11) is 0. The van der Waals surface area contributed by atoms with Crippen LogP contribution in [0.2, 0.25) is 0 Å². The molecule has 0 radical (unpaired) electrons. The fourth-order valence-corrected chi connectivity index (χ4v) is 1.77. The van der Waals surface area contributed by atoms with Gasteiger partial charge in [-0.05, 0) is 18.4 Å². The third-order valence-corrected chi connectivity index (χ3v) is 2.86. The summed E-state index contributed by atoms with van der Waals surface area (Å²) in [5, 5.41) is 2.74. The normalized spacial score (nSPS) is 18.1. The van der Waals surface area contributed by atoms with Crippen molar-refractivity contribution < 1.29 is 9.53 Å². The third kappa shape index (κ3) is 2.58. The van der Waals surface area contributed by atoms with Crippen molar-refractivity contribution in [2.45, 2.75) is 26.3 Å². The van der Waals surface area contributed by atoms with Gasteiger partial charge in [-0.1, -0.05) is 19.9 Å². The van der Waals surface area contributed by atoms with Crippen molar-refractivity contribution in [1.29, 1.82) is 0 Å². The summed E-state index contributed by atoms with van der Waals surface area (Å²) in [6, 6.07) is 5.00. The van der Waals surface area contributed by atoms with Crippen LogP contribution in [-0.2, 0) is 4.79 Å². The molecule has 92 valence electrons. The standard InChI is InChI=1S/C13H18N2O2/c1-8(2)5-6-17-9-3-4-10-11(7-9)15-13(16)12(10)14/h3-4,7-8,12H,5-6,14H2,1-2H3,(H,15,16). The second kappa shape index (κ2) is 4.75. The Hall–Kier alpha value is -1.55. The number of rotatable bonds is 4. The van der Waals surface area contributed by atoms with Gasteiger partial charge in [0.15, 0.2) is 0 Å². The van der Waals surface area contributed by atoms with Crippen LogP contribution in [0.4, 0.5) is 5.69 Å². The lowest BCUT2D eigenvalue weighted by molar-refractivity contribution is -0.116. The van der Waals surface area contributed by atoms with Crippen LogP contribution in [0.15, 0.2) is 18.2 Å². The second-order valence-electron chi connectivity index (χ2n) is 4.75. The Labute approximate surface area is 101 Å². The van der Waals surface area contributed by atoms with E-state index in [0.29, 0.717) is 12.5 Å². The number of fused-ring (bicyclic) bond motifs is 1. The van der Waals surface area contributed by atoms with E-state index < -0.39 is 6.04 Å². The minimum absolute atomic E-state index is 0.153. The molecule has 1 aromatic carbocycles. The van der Waals surface area contributed by atoms with Gasteiger partial charge in [0, 0.05) is 17.3 Å². The SMILES string of the molecule is CC(C)CCOc1ccc2c(c1)NC(=O)C2N. The van der Waals surface area contributed by atoms with Gasteiger partial charge in [-0.25, -0.2) is 0 Å². The van der Waals surface area contributed by atoms with Crippen LogP contribution >= 0.6 is 0 Å². The van der Waals surface area contributed by atoms with Crippen molar-refractivity contribution in [3.8, 4) is 5.75 Å². The van der Waals surface area contributed by atoms with Crippen LogP contribution < -0.4 is 15.8 Å². The summed E-state index contributed by atoms with van der Waals surface area (Å²) < 4.78 is 5.62. The smallest absolute Gasteiger partial charge is 0.245 e. The molecule has 0 saturated heterocycles. The molecule has 0 aromatic heterocycles. The number of ether oxygens (including phenoxy) is 1. The Morgan fingerprint density at radius 3 is 2.94 bits per heavy atom. The average molecular weight is 234 g/mol. The first-order valence-corrected chi connectivity index (χ1v) is 5.91. The van der Waals surface area contributed by atoms with Crippen LogP contribution in [0.3, 0.4) is 0 Å². The molecule has 1 heterocycles. The Balaban J connectivity index is 2.03. The van der Waals surface area contributed by atoms with E-state index in [1.54, 1.807) is 0 Å². The number of nitrogens with two attached hydrogens (primary N) is 1. The first-order valence-electron chi connectivity index (χ1n) is 5.91. The number of hydrogen-bond donors (Lipinski definition) is 2. The topological polar surface area (TPSA) is 64.3 Å². The quantitative estimate of drug-likeness (QED) is 0.838. The first-order chi connectivity index (χ1) is 8.08. The zero-order valence-electron chi connectivity index (χ0n) is 10.2. The van der Waals surface area contributed by atoms with E-state index >= 15 is 0 Å². The molecular weight excluding hydrogens is 216 g/mol. The minimum atomic E-state index is -0.547. The first kappa shape index (κ1) is 11.9. The van der Waals surface area contributed by atoms with Gasteiger partial charge in [0.2, 0.25) is 5.91 Å².